The smallest absolute Gasteiger partial charge is 0.255 e. The van der Waals surface area contributed by atoms with E-state index in [0.717, 1.165) is 28.1 Å². The van der Waals surface area contributed by atoms with Gasteiger partial charge in [-0.05, 0) is 53.1 Å². The van der Waals surface area contributed by atoms with Crippen molar-refractivity contribution in [2.75, 3.05) is 0 Å². The van der Waals surface area contributed by atoms with Crippen LogP contribution < -0.4 is 5.32 Å². The monoisotopic (exact) mass is 456 g/mol. The highest BCUT2D eigenvalue weighted by Gasteiger charge is 2.39. The van der Waals surface area contributed by atoms with E-state index in [0.29, 0.717) is 18.5 Å². The first-order valence-electron chi connectivity index (χ1n) is 10.8. The quantitative estimate of drug-likeness (QED) is 0.476. The summed E-state index contributed by atoms with van der Waals surface area (Å²) in [6.07, 6.45) is 2.40. The van der Waals surface area contributed by atoms with Crippen LogP contribution in [0.5, 0.6) is 0 Å². The first-order valence-corrected chi connectivity index (χ1v) is 11.6. The third-order valence-corrected chi connectivity index (χ3v) is 7.36. The van der Waals surface area contributed by atoms with E-state index in [2.05, 4.69) is 39.9 Å². The summed E-state index contributed by atoms with van der Waals surface area (Å²) < 4.78 is 3.25. The molecule has 0 spiro atoms. The molecule has 2 aromatic heterocycles. The van der Waals surface area contributed by atoms with Crippen LogP contribution in [-0.4, -0.2) is 38.2 Å². The average Bonchev–Trinajstić information content (AvgIpc) is 3.50. The van der Waals surface area contributed by atoms with E-state index in [1.165, 1.54) is 10.1 Å². The van der Waals surface area contributed by atoms with E-state index in [4.69, 9.17) is 0 Å². The Kier molecular flexibility index (Phi) is 4.45. The highest BCUT2D eigenvalue weighted by molar-refractivity contribution is 7.17. The Labute approximate surface area is 193 Å². The van der Waals surface area contributed by atoms with Crippen molar-refractivity contribution in [1.82, 2.24) is 19.8 Å². The van der Waals surface area contributed by atoms with Crippen LogP contribution in [0.25, 0.3) is 32.6 Å². The highest BCUT2D eigenvalue weighted by atomic mass is 32.1. The van der Waals surface area contributed by atoms with Crippen molar-refractivity contribution in [3.8, 4) is 22.5 Å². The molecule has 4 aromatic rings. The number of carbonyl (C=O) groups is 3. The fourth-order valence-electron chi connectivity index (χ4n) is 4.82. The number of aromatic nitrogens is 2. The van der Waals surface area contributed by atoms with Crippen LogP contribution in [0.1, 0.15) is 28.8 Å². The molecule has 4 heterocycles. The van der Waals surface area contributed by atoms with Gasteiger partial charge in [-0.3, -0.25) is 19.7 Å². The average molecular weight is 457 g/mol. The Morgan fingerprint density at radius 1 is 1.06 bits per heavy atom. The fourth-order valence-corrected chi connectivity index (χ4v) is 5.59. The van der Waals surface area contributed by atoms with Crippen molar-refractivity contribution in [1.29, 1.82) is 0 Å². The minimum Gasteiger partial charge on any atom is -0.333 e. The number of hydrogen-bond acceptors (Lipinski definition) is 5. The van der Waals surface area contributed by atoms with E-state index in [1.54, 1.807) is 22.6 Å². The molecule has 0 saturated carbocycles. The Bertz CT molecular complexity index is 1470. The van der Waals surface area contributed by atoms with Gasteiger partial charge in [0.1, 0.15) is 6.04 Å². The van der Waals surface area contributed by atoms with Gasteiger partial charge in [0.05, 0.1) is 17.7 Å². The van der Waals surface area contributed by atoms with Gasteiger partial charge in [0, 0.05) is 41.4 Å². The fraction of sp³-hybridized carbons (Fsp3) is 0.200. The Morgan fingerprint density at radius 3 is 2.76 bits per heavy atom. The predicted octanol–water partition coefficient (Wildman–Crippen LogP) is 3.73. The number of aryl methyl sites for hydroxylation is 1. The van der Waals surface area contributed by atoms with E-state index in [-0.39, 0.29) is 18.2 Å². The number of thiophene rings is 1. The summed E-state index contributed by atoms with van der Waals surface area (Å²) in [5.41, 5.74) is 5.33. The summed E-state index contributed by atoms with van der Waals surface area (Å²) in [7, 11) is 1.98. The maximum Gasteiger partial charge on any atom is 0.255 e. The first kappa shape index (κ1) is 19.9. The van der Waals surface area contributed by atoms with Gasteiger partial charge < -0.3 is 9.47 Å². The molecule has 2 aliphatic rings. The molecular weight excluding hydrogens is 436 g/mol. The van der Waals surface area contributed by atoms with Crippen LogP contribution in [0.2, 0.25) is 0 Å². The maximum atomic E-state index is 13.0. The zero-order valence-corrected chi connectivity index (χ0v) is 18.7. The Balaban J connectivity index is 1.36. The molecule has 1 saturated heterocycles. The van der Waals surface area contributed by atoms with Gasteiger partial charge in [-0.1, -0.05) is 12.1 Å². The van der Waals surface area contributed by atoms with Crippen molar-refractivity contribution < 1.29 is 14.4 Å². The highest BCUT2D eigenvalue weighted by Crippen LogP contribution is 2.36. The minimum absolute atomic E-state index is 0.171. The molecule has 1 unspecified atom stereocenters. The number of fused-ring (bicyclic) bond motifs is 2. The van der Waals surface area contributed by atoms with Gasteiger partial charge in [-0.25, -0.2) is 4.98 Å². The molecule has 164 valence electrons. The van der Waals surface area contributed by atoms with Crippen molar-refractivity contribution in [2.45, 2.75) is 25.4 Å². The summed E-state index contributed by atoms with van der Waals surface area (Å²) in [6.45, 7) is 0.345. The zero-order valence-electron chi connectivity index (χ0n) is 17.9. The predicted molar refractivity (Wildman–Crippen MR) is 126 cm³/mol. The number of nitrogens with zero attached hydrogens (tertiary/aromatic N) is 3. The summed E-state index contributed by atoms with van der Waals surface area (Å²) in [5.74, 6) is -0.857. The lowest BCUT2D eigenvalue weighted by Crippen LogP contribution is -2.52. The van der Waals surface area contributed by atoms with Gasteiger partial charge in [0.2, 0.25) is 11.8 Å². The van der Waals surface area contributed by atoms with Gasteiger partial charge in [-0.2, -0.15) is 0 Å². The van der Waals surface area contributed by atoms with E-state index in [9.17, 15) is 14.4 Å². The largest absolute Gasteiger partial charge is 0.333 e. The van der Waals surface area contributed by atoms with Crippen LogP contribution in [0.4, 0.5) is 0 Å². The number of nitrogens with one attached hydrogen (secondary N) is 1. The second-order valence-corrected chi connectivity index (χ2v) is 9.45. The van der Waals surface area contributed by atoms with Crippen LogP contribution in [0, 0.1) is 0 Å². The molecule has 3 amide bonds. The number of imide groups is 1. The molecule has 2 aliphatic heterocycles. The van der Waals surface area contributed by atoms with Gasteiger partial charge >= 0.3 is 0 Å². The van der Waals surface area contributed by atoms with Gasteiger partial charge in [0.15, 0.2) is 0 Å². The number of rotatable bonds is 3. The number of hydrogen-bond donors (Lipinski definition) is 1. The molecule has 1 atom stereocenters. The lowest BCUT2D eigenvalue weighted by atomic mass is 10.00. The van der Waals surface area contributed by atoms with E-state index >= 15 is 0 Å². The third kappa shape index (κ3) is 3.17. The lowest BCUT2D eigenvalue weighted by molar-refractivity contribution is -0.136. The van der Waals surface area contributed by atoms with Crippen molar-refractivity contribution in [2.24, 2.45) is 7.05 Å². The summed E-state index contributed by atoms with van der Waals surface area (Å²) in [5, 5.41) is 5.63. The van der Waals surface area contributed by atoms with E-state index < -0.39 is 11.9 Å². The maximum absolute atomic E-state index is 13.0. The molecule has 6 rings (SSSR count). The molecule has 8 heteroatoms. The molecule has 1 fully saturated rings. The van der Waals surface area contributed by atoms with Gasteiger partial charge in [-0.15, -0.1) is 11.3 Å². The van der Waals surface area contributed by atoms with Crippen LogP contribution in [-0.2, 0) is 23.2 Å². The summed E-state index contributed by atoms with van der Waals surface area (Å²) >= 11 is 1.72. The topological polar surface area (TPSA) is 84.3 Å². The van der Waals surface area contributed by atoms with Crippen molar-refractivity contribution >= 4 is 39.1 Å². The molecule has 1 N–H and O–H groups in total. The van der Waals surface area contributed by atoms with Crippen LogP contribution >= 0.6 is 11.3 Å². The standard InChI is InChI=1S/C25H20N4O3S/c1-28-13-26-22(23(28)16-3-6-20-14(10-16)8-9-33-20)15-2-4-18-17(11-15)12-29(25(18)32)19-5-7-21(30)27-24(19)31/h2-4,6,8-11,13,19H,5,7,12H2,1H3,(H,27,30,31). The second kappa shape index (κ2) is 7.38. The summed E-state index contributed by atoms with van der Waals surface area (Å²) in [6, 6.07) is 13.6. The second-order valence-electron chi connectivity index (χ2n) is 8.50. The molecule has 0 radical (unpaired) electrons. The Morgan fingerprint density at radius 2 is 1.91 bits per heavy atom. The number of carbonyl (C=O) groups excluding carboxylic acids is 3. The first-order chi connectivity index (χ1) is 16.0. The molecule has 7 nitrogen and oxygen atoms in total. The van der Waals surface area contributed by atoms with Crippen LogP contribution in [0.15, 0.2) is 54.2 Å². The van der Waals surface area contributed by atoms with Crippen molar-refractivity contribution in [3.05, 3.63) is 65.3 Å². The molecule has 0 bridgehead atoms. The van der Waals surface area contributed by atoms with E-state index in [1.807, 2.05) is 29.8 Å². The molecular formula is C25H20N4O3S. The molecule has 2 aromatic carbocycles. The number of benzene rings is 2. The van der Waals surface area contributed by atoms with Crippen molar-refractivity contribution in [3.63, 3.8) is 0 Å². The number of amides is 3. The van der Waals surface area contributed by atoms with Gasteiger partial charge in [0.25, 0.3) is 5.91 Å². The normalized spacial score (nSPS) is 18.2. The minimum atomic E-state index is -0.617. The number of imidazole rings is 1. The SMILES string of the molecule is Cn1cnc(-c2ccc3c(c2)CN(C2CCC(=O)NC2=O)C3=O)c1-c1ccc2sccc2c1. The summed E-state index contributed by atoms with van der Waals surface area (Å²) in [4.78, 5) is 43.1. The lowest BCUT2D eigenvalue weighted by Gasteiger charge is -2.29. The molecule has 33 heavy (non-hydrogen) atoms. The molecule has 0 aliphatic carbocycles. The van der Waals surface area contributed by atoms with Crippen LogP contribution in [0.3, 0.4) is 0 Å². The Hall–Kier alpha value is -3.78. The number of piperidine rings is 1. The zero-order chi connectivity index (χ0) is 22.7. The third-order valence-electron chi connectivity index (χ3n) is 6.46.